The zero-order valence-corrected chi connectivity index (χ0v) is 14.6. The molecule has 0 amide bonds. The van der Waals surface area contributed by atoms with Crippen molar-refractivity contribution in [1.82, 2.24) is 0 Å². The third-order valence-corrected chi connectivity index (χ3v) is 5.93. The standard InChI is InChI=1S/C18H18FNO4S/c1-2-25(22,23)20-10-9-13-11-14(7-8-16(13)20)17(21)12-24-18-6-4-3-5-15(18)19/h3-8,11H,2,9-10,12H2,1H3. The highest BCUT2D eigenvalue weighted by Crippen LogP contribution is 2.31. The van der Waals surface area contributed by atoms with Crippen LogP contribution in [-0.4, -0.2) is 33.1 Å². The van der Waals surface area contributed by atoms with Crippen molar-refractivity contribution in [3.8, 4) is 5.75 Å². The van der Waals surface area contributed by atoms with Crippen LogP contribution in [0.25, 0.3) is 0 Å². The summed E-state index contributed by atoms with van der Waals surface area (Å²) in [4.78, 5) is 12.3. The summed E-state index contributed by atoms with van der Waals surface area (Å²) in [5.74, 6) is -0.756. The summed E-state index contributed by atoms with van der Waals surface area (Å²) in [6, 6.07) is 10.8. The molecule has 2 aromatic rings. The molecule has 25 heavy (non-hydrogen) atoms. The van der Waals surface area contributed by atoms with Gasteiger partial charge in [0.1, 0.15) is 0 Å². The molecule has 1 aliphatic heterocycles. The summed E-state index contributed by atoms with van der Waals surface area (Å²) in [6.45, 7) is 1.71. The van der Waals surface area contributed by atoms with E-state index in [1.807, 2.05) is 0 Å². The number of halogens is 1. The maximum absolute atomic E-state index is 13.5. The largest absolute Gasteiger partial charge is 0.482 e. The van der Waals surface area contributed by atoms with Gasteiger partial charge >= 0.3 is 0 Å². The van der Waals surface area contributed by atoms with Crippen LogP contribution in [0, 0.1) is 5.82 Å². The molecule has 0 fully saturated rings. The minimum Gasteiger partial charge on any atom is -0.482 e. The molecule has 0 aromatic heterocycles. The van der Waals surface area contributed by atoms with E-state index in [-0.39, 0.29) is 23.9 Å². The summed E-state index contributed by atoms with van der Waals surface area (Å²) in [5, 5.41) is 0. The average Bonchev–Trinajstić information content (AvgIpc) is 3.04. The molecule has 0 aliphatic carbocycles. The van der Waals surface area contributed by atoms with Gasteiger partial charge in [-0.25, -0.2) is 12.8 Å². The van der Waals surface area contributed by atoms with Crippen molar-refractivity contribution in [2.24, 2.45) is 0 Å². The van der Waals surface area contributed by atoms with E-state index in [9.17, 15) is 17.6 Å². The number of Topliss-reactive ketones (excluding diaryl/α,β-unsaturated/α-hetero) is 1. The summed E-state index contributed by atoms with van der Waals surface area (Å²) in [6.07, 6.45) is 0.559. The van der Waals surface area contributed by atoms with Gasteiger partial charge in [0.05, 0.1) is 11.4 Å². The Bertz CT molecular complexity index is 911. The Hall–Kier alpha value is -2.41. The Balaban J connectivity index is 1.75. The fourth-order valence-corrected chi connectivity index (χ4v) is 3.94. The number of nitrogens with zero attached hydrogens (tertiary/aromatic N) is 1. The second kappa shape index (κ2) is 6.84. The van der Waals surface area contributed by atoms with E-state index in [2.05, 4.69) is 0 Å². The Morgan fingerprint density at radius 3 is 2.72 bits per heavy atom. The fraction of sp³-hybridized carbons (Fsp3) is 0.278. The molecular formula is C18H18FNO4S. The Morgan fingerprint density at radius 2 is 2.00 bits per heavy atom. The molecule has 0 spiro atoms. The van der Waals surface area contributed by atoms with Gasteiger partial charge in [-0.3, -0.25) is 9.10 Å². The molecule has 1 aliphatic rings. The first-order chi connectivity index (χ1) is 11.9. The van der Waals surface area contributed by atoms with E-state index in [1.165, 1.54) is 16.4 Å². The zero-order chi connectivity index (χ0) is 18.0. The Morgan fingerprint density at radius 1 is 1.24 bits per heavy atom. The van der Waals surface area contributed by atoms with Crippen LogP contribution >= 0.6 is 0 Å². The Kier molecular flexibility index (Phi) is 4.76. The van der Waals surface area contributed by atoms with Gasteiger partial charge in [-0.1, -0.05) is 12.1 Å². The molecular weight excluding hydrogens is 345 g/mol. The van der Waals surface area contributed by atoms with Crippen LogP contribution in [0.2, 0.25) is 0 Å². The maximum atomic E-state index is 13.5. The number of carbonyl (C=O) groups is 1. The summed E-state index contributed by atoms with van der Waals surface area (Å²) in [7, 11) is -3.31. The molecule has 5 nitrogen and oxygen atoms in total. The molecule has 132 valence electrons. The molecule has 1 heterocycles. The first-order valence-electron chi connectivity index (χ1n) is 7.96. The SMILES string of the molecule is CCS(=O)(=O)N1CCc2cc(C(=O)COc3ccccc3F)ccc21. The number of hydrogen-bond donors (Lipinski definition) is 0. The summed E-state index contributed by atoms with van der Waals surface area (Å²) in [5.41, 5.74) is 1.85. The highest BCUT2D eigenvalue weighted by molar-refractivity contribution is 7.92. The number of benzene rings is 2. The second-order valence-electron chi connectivity index (χ2n) is 5.71. The third-order valence-electron chi connectivity index (χ3n) is 4.15. The van der Waals surface area contributed by atoms with Gasteiger partial charge in [-0.15, -0.1) is 0 Å². The van der Waals surface area contributed by atoms with Crippen molar-refractivity contribution in [2.45, 2.75) is 13.3 Å². The van der Waals surface area contributed by atoms with Crippen LogP contribution in [0.3, 0.4) is 0 Å². The minimum absolute atomic E-state index is 0.0252. The lowest BCUT2D eigenvalue weighted by molar-refractivity contribution is 0.0918. The number of para-hydroxylation sites is 1. The topological polar surface area (TPSA) is 63.7 Å². The molecule has 0 saturated carbocycles. The number of ketones is 1. The van der Waals surface area contributed by atoms with Gasteiger partial charge in [0.25, 0.3) is 0 Å². The van der Waals surface area contributed by atoms with Gasteiger partial charge in [-0.05, 0) is 49.2 Å². The van der Waals surface area contributed by atoms with E-state index in [0.717, 1.165) is 5.56 Å². The van der Waals surface area contributed by atoms with Crippen LogP contribution < -0.4 is 9.04 Å². The van der Waals surface area contributed by atoms with Crippen molar-refractivity contribution in [3.05, 3.63) is 59.4 Å². The minimum atomic E-state index is -3.31. The van der Waals surface area contributed by atoms with Crippen molar-refractivity contribution >= 4 is 21.5 Å². The lowest BCUT2D eigenvalue weighted by Gasteiger charge is -2.18. The smallest absolute Gasteiger partial charge is 0.234 e. The fourth-order valence-electron chi connectivity index (χ4n) is 2.78. The number of ether oxygens (including phenoxy) is 1. The molecule has 2 aromatic carbocycles. The lowest BCUT2D eigenvalue weighted by atomic mass is 10.1. The van der Waals surface area contributed by atoms with E-state index < -0.39 is 15.8 Å². The number of rotatable bonds is 6. The lowest BCUT2D eigenvalue weighted by Crippen LogP contribution is -2.30. The zero-order valence-electron chi connectivity index (χ0n) is 13.7. The first kappa shape index (κ1) is 17.4. The van der Waals surface area contributed by atoms with Crippen molar-refractivity contribution < 1.29 is 22.3 Å². The molecule has 0 atom stereocenters. The number of hydrogen-bond acceptors (Lipinski definition) is 4. The van der Waals surface area contributed by atoms with Gasteiger partial charge < -0.3 is 4.74 Å². The molecule has 0 unspecified atom stereocenters. The van der Waals surface area contributed by atoms with Crippen LogP contribution in [-0.2, 0) is 16.4 Å². The van der Waals surface area contributed by atoms with Crippen LogP contribution in [0.5, 0.6) is 5.75 Å². The molecule has 0 N–H and O–H groups in total. The second-order valence-corrected chi connectivity index (χ2v) is 7.89. The number of sulfonamides is 1. The van der Waals surface area contributed by atoms with E-state index >= 15 is 0 Å². The van der Waals surface area contributed by atoms with Gasteiger partial charge in [-0.2, -0.15) is 0 Å². The van der Waals surface area contributed by atoms with Gasteiger partial charge in [0, 0.05) is 12.1 Å². The monoisotopic (exact) mass is 363 g/mol. The van der Waals surface area contributed by atoms with Crippen molar-refractivity contribution in [1.29, 1.82) is 0 Å². The number of carbonyl (C=O) groups excluding carboxylic acids is 1. The quantitative estimate of drug-likeness (QED) is 0.741. The van der Waals surface area contributed by atoms with E-state index in [1.54, 1.807) is 37.3 Å². The highest BCUT2D eigenvalue weighted by atomic mass is 32.2. The van der Waals surface area contributed by atoms with E-state index in [4.69, 9.17) is 4.74 Å². The van der Waals surface area contributed by atoms with Crippen LogP contribution in [0.15, 0.2) is 42.5 Å². The summed E-state index contributed by atoms with van der Waals surface area (Å²) < 4.78 is 44.3. The molecule has 7 heteroatoms. The average molecular weight is 363 g/mol. The Labute approximate surface area is 146 Å². The van der Waals surface area contributed by atoms with Crippen molar-refractivity contribution in [3.63, 3.8) is 0 Å². The predicted molar refractivity (Wildman–Crippen MR) is 93.2 cm³/mol. The predicted octanol–water partition coefficient (Wildman–Crippen LogP) is 2.80. The molecule has 0 radical (unpaired) electrons. The maximum Gasteiger partial charge on any atom is 0.234 e. The number of anilines is 1. The molecule has 0 bridgehead atoms. The van der Waals surface area contributed by atoms with Crippen molar-refractivity contribution in [2.75, 3.05) is 23.2 Å². The third kappa shape index (κ3) is 3.51. The van der Waals surface area contributed by atoms with Gasteiger partial charge in [0.15, 0.2) is 24.0 Å². The van der Waals surface area contributed by atoms with Gasteiger partial charge in [0.2, 0.25) is 10.0 Å². The normalized spacial score (nSPS) is 13.6. The summed E-state index contributed by atoms with van der Waals surface area (Å²) >= 11 is 0. The van der Waals surface area contributed by atoms with Crippen LogP contribution in [0.4, 0.5) is 10.1 Å². The molecule has 3 rings (SSSR count). The van der Waals surface area contributed by atoms with E-state index in [0.29, 0.717) is 24.2 Å². The number of fused-ring (bicyclic) bond motifs is 1. The first-order valence-corrected chi connectivity index (χ1v) is 9.57. The highest BCUT2D eigenvalue weighted by Gasteiger charge is 2.28. The van der Waals surface area contributed by atoms with Crippen LogP contribution in [0.1, 0.15) is 22.8 Å². The molecule has 0 saturated heterocycles.